The van der Waals surface area contributed by atoms with E-state index in [0.29, 0.717) is 17.3 Å². The fraction of sp³-hybridized carbons (Fsp3) is 0.345. The number of ether oxygens (including phenoxy) is 2. The molecule has 45 heavy (non-hydrogen) atoms. The first kappa shape index (κ1) is 33.7. The van der Waals surface area contributed by atoms with Gasteiger partial charge in [-0.3, -0.25) is 13.9 Å². The van der Waals surface area contributed by atoms with Crippen LogP contribution in [0.2, 0.25) is 0 Å². The highest BCUT2D eigenvalue weighted by Crippen LogP contribution is 2.39. The summed E-state index contributed by atoms with van der Waals surface area (Å²) in [6.07, 6.45) is -6.97. The first-order chi connectivity index (χ1) is 20.7. The smallest absolute Gasteiger partial charge is 0.416 e. The predicted molar refractivity (Wildman–Crippen MR) is 155 cm³/mol. The molecule has 0 radical (unpaired) electrons. The first-order valence-corrected chi connectivity index (χ1v) is 16.4. The summed E-state index contributed by atoms with van der Waals surface area (Å²) in [5.74, 6) is -1.71. The van der Waals surface area contributed by atoms with Gasteiger partial charge in [0, 0.05) is 5.69 Å². The van der Waals surface area contributed by atoms with E-state index in [1.807, 2.05) is 4.72 Å². The number of pyridine rings is 1. The van der Waals surface area contributed by atoms with Crippen LogP contribution >= 0.6 is 0 Å². The molecule has 0 bridgehead atoms. The summed E-state index contributed by atoms with van der Waals surface area (Å²) in [7, 11) is -9.08. The van der Waals surface area contributed by atoms with Gasteiger partial charge in [0.05, 0.1) is 35.5 Å². The number of esters is 1. The number of aryl methyl sites for hydroxylation is 1. The van der Waals surface area contributed by atoms with E-state index in [-0.39, 0.29) is 17.9 Å². The van der Waals surface area contributed by atoms with Crippen molar-refractivity contribution in [2.75, 3.05) is 10.8 Å². The Morgan fingerprint density at radius 1 is 1.02 bits per heavy atom. The van der Waals surface area contributed by atoms with Gasteiger partial charge in [-0.2, -0.15) is 21.6 Å². The van der Waals surface area contributed by atoms with Gasteiger partial charge in [0.25, 0.3) is 20.0 Å². The fourth-order valence-corrected chi connectivity index (χ4v) is 6.98. The predicted octanol–water partition coefficient (Wildman–Crippen LogP) is 4.14. The fourth-order valence-electron chi connectivity index (χ4n) is 4.42. The number of sulfonamides is 2. The quantitative estimate of drug-likeness (QED) is 0.349. The zero-order valence-electron chi connectivity index (χ0n) is 24.6. The normalized spacial score (nSPS) is 15.5. The molecule has 1 aliphatic rings. The number of rotatable bonds is 8. The third-order valence-electron chi connectivity index (χ3n) is 6.27. The summed E-state index contributed by atoms with van der Waals surface area (Å²) in [6.45, 7) is 6.01. The summed E-state index contributed by atoms with van der Waals surface area (Å²) < 4.78 is 107. The van der Waals surface area contributed by atoms with Crippen LogP contribution in [0.3, 0.4) is 0 Å². The lowest BCUT2D eigenvalue weighted by molar-refractivity contribution is -0.154. The van der Waals surface area contributed by atoms with Gasteiger partial charge in [0.2, 0.25) is 5.91 Å². The second kappa shape index (κ2) is 12.3. The lowest BCUT2D eigenvalue weighted by Crippen LogP contribution is -2.46. The van der Waals surface area contributed by atoms with Crippen LogP contribution in [0.15, 0.2) is 70.6 Å². The van der Waals surface area contributed by atoms with E-state index in [4.69, 9.17) is 9.47 Å². The van der Waals surface area contributed by atoms with E-state index in [1.54, 1.807) is 33.8 Å². The number of carbonyl (C=O) groups excluding carboxylic acids is 2. The highest BCUT2D eigenvalue weighted by Gasteiger charge is 2.38. The summed E-state index contributed by atoms with van der Waals surface area (Å²) >= 11 is 0. The van der Waals surface area contributed by atoms with Crippen LogP contribution < -0.4 is 13.8 Å². The number of nitrogens with one attached hydrogen (secondary N) is 1. The number of benzene rings is 2. The van der Waals surface area contributed by atoms with Gasteiger partial charge in [-0.05, 0) is 75.7 Å². The van der Waals surface area contributed by atoms with Gasteiger partial charge in [-0.15, -0.1) is 0 Å². The number of halogens is 3. The number of nitrogens with zero attached hydrogens (tertiary/aromatic N) is 2. The first-order valence-electron chi connectivity index (χ1n) is 13.5. The minimum Gasteiger partial charge on any atom is -0.486 e. The number of fused-ring (bicyclic) bond motifs is 1. The Balaban J connectivity index is 1.68. The maximum atomic E-state index is 13.8. The molecule has 0 spiro atoms. The van der Waals surface area contributed by atoms with Crippen molar-refractivity contribution >= 4 is 37.6 Å². The Hall–Kier alpha value is -4.18. The van der Waals surface area contributed by atoms with Crippen LogP contribution in [0.5, 0.6) is 5.75 Å². The van der Waals surface area contributed by atoms with E-state index < -0.39 is 78.3 Å². The average molecular weight is 670 g/mol. The Morgan fingerprint density at radius 2 is 1.71 bits per heavy atom. The molecule has 0 fully saturated rings. The average Bonchev–Trinajstić information content (AvgIpc) is 2.91. The molecular formula is C29H30F3N3O8S2. The molecule has 4 rings (SSSR count). The van der Waals surface area contributed by atoms with Gasteiger partial charge in [-0.25, -0.2) is 18.1 Å². The highest BCUT2D eigenvalue weighted by atomic mass is 32.2. The minimum absolute atomic E-state index is 0.0641. The zero-order chi connectivity index (χ0) is 33.4. The van der Waals surface area contributed by atoms with Crippen LogP contribution in [-0.2, 0) is 47.0 Å². The van der Waals surface area contributed by atoms with Gasteiger partial charge >= 0.3 is 12.1 Å². The summed E-state index contributed by atoms with van der Waals surface area (Å²) in [4.78, 5) is 28.5. The molecule has 3 aromatic rings. The third-order valence-corrected chi connectivity index (χ3v) is 9.32. The van der Waals surface area contributed by atoms with Crippen molar-refractivity contribution in [3.63, 3.8) is 0 Å². The molecule has 242 valence electrons. The van der Waals surface area contributed by atoms with Crippen molar-refractivity contribution in [3.05, 3.63) is 77.5 Å². The van der Waals surface area contributed by atoms with Crippen LogP contribution in [0.25, 0.3) is 0 Å². The number of amides is 1. The number of hydrogen-bond acceptors (Lipinski definition) is 9. The Morgan fingerprint density at radius 3 is 2.36 bits per heavy atom. The summed E-state index contributed by atoms with van der Waals surface area (Å²) in [5.41, 5.74) is -1.37. The van der Waals surface area contributed by atoms with E-state index in [0.717, 1.165) is 22.5 Å². The van der Waals surface area contributed by atoms with Gasteiger partial charge in [-0.1, -0.05) is 18.2 Å². The lowest BCUT2D eigenvalue weighted by atomic mass is 10.1. The maximum absolute atomic E-state index is 13.8. The molecule has 1 N–H and O–H groups in total. The van der Waals surface area contributed by atoms with Crippen molar-refractivity contribution in [2.45, 2.75) is 68.3 Å². The van der Waals surface area contributed by atoms with Crippen molar-refractivity contribution < 1.29 is 49.1 Å². The SMILES string of the molecule is Cc1cccc(S(=O)(=O)NC(=O)C[C@H]2CN(S(=O)(=O)c3cccc(C(F)(F)F)c3)c3cc(CC(=O)OC(C)(C)C)ccc3O2)n1. The molecule has 0 saturated carbocycles. The number of hydrogen-bond donors (Lipinski definition) is 1. The minimum atomic E-state index is -4.83. The number of aromatic nitrogens is 1. The number of carbonyl (C=O) groups is 2. The van der Waals surface area contributed by atoms with Crippen LogP contribution in [0, 0.1) is 6.92 Å². The molecule has 0 saturated heterocycles. The molecule has 0 aliphatic carbocycles. The molecule has 2 aromatic carbocycles. The van der Waals surface area contributed by atoms with Crippen molar-refractivity contribution in [1.82, 2.24) is 9.71 Å². The second-order valence-electron chi connectivity index (χ2n) is 11.2. The van der Waals surface area contributed by atoms with E-state index in [9.17, 15) is 39.6 Å². The lowest BCUT2D eigenvalue weighted by Gasteiger charge is -2.35. The van der Waals surface area contributed by atoms with Crippen LogP contribution in [0.1, 0.15) is 44.0 Å². The monoisotopic (exact) mass is 669 g/mol. The molecule has 0 unspecified atom stereocenters. The Labute approximate surface area is 258 Å². The largest absolute Gasteiger partial charge is 0.486 e. The molecule has 16 heteroatoms. The van der Waals surface area contributed by atoms with E-state index in [2.05, 4.69) is 4.98 Å². The molecule has 1 aromatic heterocycles. The van der Waals surface area contributed by atoms with Crippen LogP contribution in [0.4, 0.5) is 18.9 Å². The molecule has 1 atom stereocenters. The van der Waals surface area contributed by atoms with E-state index >= 15 is 0 Å². The molecule has 1 aliphatic heterocycles. The molecule has 1 amide bonds. The van der Waals surface area contributed by atoms with Crippen LogP contribution in [-0.4, -0.2) is 51.9 Å². The Kier molecular flexibility index (Phi) is 9.22. The van der Waals surface area contributed by atoms with Gasteiger partial charge in [0.1, 0.15) is 17.5 Å². The van der Waals surface area contributed by atoms with Crippen molar-refractivity contribution in [3.8, 4) is 5.75 Å². The topological polar surface area (TPSA) is 149 Å². The maximum Gasteiger partial charge on any atom is 0.416 e. The third kappa shape index (κ3) is 8.30. The van der Waals surface area contributed by atoms with Crippen molar-refractivity contribution in [1.29, 1.82) is 0 Å². The van der Waals surface area contributed by atoms with Crippen molar-refractivity contribution in [2.24, 2.45) is 0 Å². The summed E-state index contributed by atoms with van der Waals surface area (Å²) in [6, 6.07) is 11.5. The molecule has 11 nitrogen and oxygen atoms in total. The Bertz CT molecular complexity index is 1840. The zero-order valence-corrected chi connectivity index (χ0v) is 26.2. The molecule has 2 heterocycles. The van der Waals surface area contributed by atoms with Gasteiger partial charge < -0.3 is 9.47 Å². The van der Waals surface area contributed by atoms with Gasteiger partial charge in [0.15, 0.2) is 5.03 Å². The molecular weight excluding hydrogens is 639 g/mol. The summed E-state index contributed by atoms with van der Waals surface area (Å²) in [5, 5.41) is -0.406. The number of alkyl halides is 3. The second-order valence-corrected chi connectivity index (χ2v) is 14.7. The standard InChI is InChI=1S/C29H30F3N3O8S2/c1-18-7-5-10-26(33-18)44(38,39)34-25(36)16-21-17-35(45(40,41)22-9-6-8-20(15-22)29(30,31)32)23-13-19(11-12-24(23)42-21)14-27(37)43-28(2,3)4/h5-13,15,21H,14,16-17H2,1-4H3,(H,34,36)/t21-/m0/s1. The number of anilines is 1. The van der Waals surface area contributed by atoms with E-state index in [1.165, 1.54) is 30.3 Å². The highest BCUT2D eigenvalue weighted by molar-refractivity contribution is 7.92.